The van der Waals surface area contributed by atoms with Crippen LogP contribution in [0.2, 0.25) is 0 Å². The quantitative estimate of drug-likeness (QED) is 0.284. The molecule has 6 heteroatoms. The van der Waals surface area contributed by atoms with Crippen LogP contribution in [0.4, 0.5) is 0 Å². The van der Waals surface area contributed by atoms with Gasteiger partial charge in [-0.2, -0.15) is 0 Å². The molecular weight excluding hydrogens is 328 g/mol. The average molecular weight is 355 g/mol. The van der Waals surface area contributed by atoms with Crippen molar-refractivity contribution in [2.75, 3.05) is 13.1 Å². The molecule has 6 N–H and O–H groups in total. The van der Waals surface area contributed by atoms with Gasteiger partial charge in [-0.25, -0.2) is 5.84 Å². The summed E-state index contributed by atoms with van der Waals surface area (Å²) in [6, 6.07) is 8.91. The molecule has 0 spiro atoms. The number of aromatic nitrogens is 1. The van der Waals surface area contributed by atoms with Crippen molar-refractivity contribution in [3.8, 4) is 0 Å². The van der Waals surface area contributed by atoms with Crippen LogP contribution in [0.1, 0.15) is 36.6 Å². The Morgan fingerprint density at radius 3 is 3.00 bits per heavy atom. The predicted molar refractivity (Wildman–Crippen MR) is 98.1 cm³/mol. The monoisotopic (exact) mass is 355 g/mol. The van der Waals surface area contributed by atoms with Crippen molar-refractivity contribution >= 4 is 16.8 Å². The first-order valence-electron chi connectivity index (χ1n) is 9.80. The van der Waals surface area contributed by atoms with Crippen molar-refractivity contribution in [1.82, 2.24) is 10.4 Å². The molecule has 2 aromatic rings. The minimum absolute atomic E-state index is 0.202. The van der Waals surface area contributed by atoms with Gasteiger partial charge in [0.15, 0.2) is 0 Å². The van der Waals surface area contributed by atoms with E-state index in [1.165, 1.54) is 22.2 Å². The van der Waals surface area contributed by atoms with Gasteiger partial charge in [0.25, 0.3) is 0 Å². The van der Waals surface area contributed by atoms with Crippen LogP contribution < -0.4 is 16.2 Å². The number of hydrazine groups is 1. The number of carbonyl (C=O) groups is 1. The lowest BCUT2D eigenvalue weighted by atomic mass is 9.64. The first kappa shape index (κ1) is 16.3. The highest BCUT2D eigenvalue weighted by atomic mass is 16.3. The number of hydrogen-bond donors (Lipinski definition) is 5. The molecule has 2 fully saturated rings. The number of para-hydroxylation sites is 1. The van der Waals surface area contributed by atoms with Gasteiger partial charge in [0.1, 0.15) is 6.04 Å². The van der Waals surface area contributed by atoms with Crippen LogP contribution in [0.15, 0.2) is 24.3 Å². The summed E-state index contributed by atoms with van der Waals surface area (Å²) < 4.78 is 0. The van der Waals surface area contributed by atoms with E-state index in [4.69, 9.17) is 5.84 Å². The van der Waals surface area contributed by atoms with E-state index >= 15 is 0 Å². The van der Waals surface area contributed by atoms with Crippen molar-refractivity contribution in [1.29, 1.82) is 0 Å². The smallest absolute Gasteiger partial charge is 0.239 e. The number of benzene rings is 1. The summed E-state index contributed by atoms with van der Waals surface area (Å²) in [6.45, 7) is 2.24. The number of amides is 1. The van der Waals surface area contributed by atoms with Crippen LogP contribution in [0.25, 0.3) is 10.9 Å². The molecule has 1 amide bonds. The SMILES string of the molecule is NNC(=O)[C@H]1[C@@H]2C[C@@H]3c4[nH]c5ccccc5c4CC[NH+]3C[C@H]2CC[C@H]1O. The number of aliphatic hydroxyl groups excluding tert-OH is 1. The number of carbonyl (C=O) groups excluding carboxylic acids is 1. The third-order valence-electron chi connectivity index (χ3n) is 7.18. The Bertz CT molecular complexity index is 847. The van der Waals surface area contributed by atoms with Crippen LogP contribution in [-0.4, -0.2) is 35.2 Å². The Morgan fingerprint density at radius 1 is 1.31 bits per heavy atom. The van der Waals surface area contributed by atoms with E-state index in [0.717, 1.165) is 32.4 Å². The molecule has 1 saturated heterocycles. The number of aliphatic hydroxyl groups is 1. The van der Waals surface area contributed by atoms with Gasteiger partial charge in [0.2, 0.25) is 5.91 Å². The zero-order valence-corrected chi connectivity index (χ0v) is 14.9. The van der Waals surface area contributed by atoms with E-state index < -0.39 is 6.10 Å². The fourth-order valence-electron chi connectivity index (χ4n) is 6.00. The second kappa shape index (κ2) is 6.08. The van der Waals surface area contributed by atoms with Gasteiger partial charge in [-0.1, -0.05) is 18.2 Å². The van der Waals surface area contributed by atoms with Gasteiger partial charge in [0.05, 0.1) is 30.8 Å². The van der Waals surface area contributed by atoms with Gasteiger partial charge in [-0.05, 0) is 30.4 Å². The number of rotatable bonds is 1. The number of nitrogens with two attached hydrogens (primary N) is 1. The standard InChI is InChI=1S/C20H26N4O2/c21-23-20(26)18-14-9-16-19-13(12-3-1-2-4-15(12)22-19)7-8-24(16)10-11(14)5-6-17(18)25/h1-4,11,14,16-18,22,25H,5-10,21H2,(H,23,26)/p+1/t11-,14-,16-,17-,18+/m1/s1. The molecule has 1 unspecified atom stereocenters. The van der Waals surface area contributed by atoms with E-state index in [0.29, 0.717) is 18.4 Å². The largest absolute Gasteiger partial charge is 0.392 e. The molecule has 1 aromatic carbocycles. The van der Waals surface area contributed by atoms with Gasteiger partial charge in [-0.3, -0.25) is 10.2 Å². The van der Waals surface area contributed by atoms with Crippen molar-refractivity contribution in [2.24, 2.45) is 23.6 Å². The lowest BCUT2D eigenvalue weighted by Gasteiger charge is -2.48. The second-order valence-electron chi connectivity index (χ2n) is 8.32. The first-order valence-corrected chi connectivity index (χ1v) is 9.80. The average Bonchev–Trinajstić information content (AvgIpc) is 3.05. The maximum Gasteiger partial charge on any atom is 0.239 e. The topological polar surface area (TPSA) is 95.6 Å². The Labute approximate surface area is 152 Å². The molecule has 138 valence electrons. The molecule has 6 nitrogen and oxygen atoms in total. The van der Waals surface area contributed by atoms with Crippen LogP contribution in [0.5, 0.6) is 0 Å². The molecule has 3 heterocycles. The number of aromatic amines is 1. The summed E-state index contributed by atoms with van der Waals surface area (Å²) in [6.07, 6.45) is 3.18. The van der Waals surface area contributed by atoms with E-state index in [1.54, 1.807) is 4.90 Å². The summed E-state index contributed by atoms with van der Waals surface area (Å²) in [5.41, 5.74) is 6.30. The van der Waals surface area contributed by atoms with Gasteiger partial charge >= 0.3 is 0 Å². The molecule has 1 saturated carbocycles. The van der Waals surface area contributed by atoms with Crippen LogP contribution in [0, 0.1) is 17.8 Å². The number of quaternary nitrogens is 1. The van der Waals surface area contributed by atoms with Gasteiger partial charge in [-0.15, -0.1) is 0 Å². The van der Waals surface area contributed by atoms with Gasteiger partial charge in [0, 0.05) is 29.7 Å². The van der Waals surface area contributed by atoms with E-state index in [9.17, 15) is 9.90 Å². The number of nitrogens with one attached hydrogen (secondary N) is 3. The Balaban J connectivity index is 1.52. The minimum atomic E-state index is -0.577. The van der Waals surface area contributed by atoms with E-state index in [2.05, 4.69) is 34.7 Å². The Hall–Kier alpha value is -1.89. The molecule has 5 rings (SSSR count). The highest BCUT2D eigenvalue weighted by Gasteiger charge is 2.51. The Morgan fingerprint density at radius 2 is 2.15 bits per heavy atom. The number of hydrogen-bond acceptors (Lipinski definition) is 3. The fraction of sp³-hybridized carbons (Fsp3) is 0.550. The second-order valence-corrected chi connectivity index (χ2v) is 8.32. The highest BCUT2D eigenvalue weighted by Crippen LogP contribution is 2.43. The van der Waals surface area contributed by atoms with Crippen molar-refractivity contribution in [3.05, 3.63) is 35.5 Å². The van der Waals surface area contributed by atoms with Crippen LogP contribution in [-0.2, 0) is 11.2 Å². The summed E-state index contributed by atoms with van der Waals surface area (Å²) in [5, 5.41) is 11.8. The summed E-state index contributed by atoms with van der Waals surface area (Å²) >= 11 is 0. The van der Waals surface area contributed by atoms with E-state index in [1.807, 2.05) is 0 Å². The number of fused-ring (bicyclic) bond motifs is 6. The zero-order chi connectivity index (χ0) is 17.8. The summed E-state index contributed by atoms with van der Waals surface area (Å²) in [7, 11) is 0. The summed E-state index contributed by atoms with van der Waals surface area (Å²) in [4.78, 5) is 17.7. The molecule has 0 radical (unpaired) electrons. The van der Waals surface area contributed by atoms with Gasteiger partial charge < -0.3 is 15.0 Å². The first-order chi connectivity index (χ1) is 12.7. The molecular formula is C20H27N4O2+. The molecule has 26 heavy (non-hydrogen) atoms. The van der Waals surface area contributed by atoms with Crippen molar-refractivity contribution in [3.63, 3.8) is 0 Å². The maximum absolute atomic E-state index is 12.4. The maximum atomic E-state index is 12.4. The number of piperidine rings is 1. The molecule has 0 bridgehead atoms. The number of H-pyrrole nitrogens is 1. The van der Waals surface area contributed by atoms with Crippen LogP contribution in [0.3, 0.4) is 0 Å². The van der Waals surface area contributed by atoms with E-state index in [-0.39, 0.29) is 17.7 Å². The third kappa shape index (κ3) is 2.32. The molecule has 1 aliphatic carbocycles. The van der Waals surface area contributed by atoms with Crippen LogP contribution >= 0.6 is 0 Å². The third-order valence-corrected chi connectivity index (χ3v) is 7.18. The Kier molecular flexibility index (Phi) is 3.81. The fourth-order valence-corrected chi connectivity index (χ4v) is 6.00. The lowest BCUT2D eigenvalue weighted by Crippen LogP contribution is -3.15. The zero-order valence-electron chi connectivity index (χ0n) is 14.9. The normalized spacial score (nSPS) is 36.1. The summed E-state index contributed by atoms with van der Waals surface area (Å²) in [5.74, 6) is 5.54. The molecule has 6 atom stereocenters. The molecule has 2 aliphatic heterocycles. The van der Waals surface area contributed by atoms with Crippen molar-refractivity contribution < 1.29 is 14.8 Å². The lowest BCUT2D eigenvalue weighted by molar-refractivity contribution is -0.945. The minimum Gasteiger partial charge on any atom is -0.392 e. The molecule has 1 aromatic heterocycles. The van der Waals surface area contributed by atoms with Crippen molar-refractivity contribution in [2.45, 2.75) is 37.8 Å². The predicted octanol–water partition coefficient (Wildman–Crippen LogP) is 0.0469. The molecule has 3 aliphatic rings. The highest BCUT2D eigenvalue weighted by molar-refractivity contribution is 5.85.